The van der Waals surface area contributed by atoms with Crippen molar-refractivity contribution < 1.29 is 13.9 Å². The number of amides is 1. The highest BCUT2D eigenvalue weighted by Crippen LogP contribution is 2.19. The van der Waals surface area contributed by atoms with Crippen molar-refractivity contribution in [1.29, 1.82) is 0 Å². The third-order valence-electron chi connectivity index (χ3n) is 2.98. The minimum atomic E-state index is -0.445. The zero-order valence-corrected chi connectivity index (χ0v) is 10.7. The molecule has 1 fully saturated rings. The third kappa shape index (κ3) is 2.84. The summed E-state index contributed by atoms with van der Waals surface area (Å²) in [5.74, 6) is 0.297. The smallest absolute Gasteiger partial charge is 0.254 e. The highest BCUT2D eigenvalue weighted by Gasteiger charge is 2.21. The maximum Gasteiger partial charge on any atom is 0.254 e. The van der Waals surface area contributed by atoms with Crippen molar-refractivity contribution in [3.63, 3.8) is 0 Å². The third-order valence-corrected chi connectivity index (χ3v) is 2.98. The van der Waals surface area contributed by atoms with E-state index in [9.17, 15) is 4.79 Å². The Morgan fingerprint density at radius 2 is 2.20 bits per heavy atom. The summed E-state index contributed by atoms with van der Waals surface area (Å²) < 4.78 is 10.5. The highest BCUT2D eigenvalue weighted by atomic mass is 16.5. The van der Waals surface area contributed by atoms with Gasteiger partial charge in [-0.3, -0.25) is 4.79 Å². The van der Waals surface area contributed by atoms with E-state index in [-0.39, 0.29) is 5.91 Å². The summed E-state index contributed by atoms with van der Waals surface area (Å²) in [6, 6.07) is 7.19. The second kappa shape index (κ2) is 5.81. The molecule has 0 aliphatic carbocycles. The van der Waals surface area contributed by atoms with Crippen LogP contribution in [0.5, 0.6) is 0 Å². The summed E-state index contributed by atoms with van der Waals surface area (Å²) in [6.07, 6.45) is 0.831. The molecule has 1 unspecified atom stereocenters. The largest absolute Gasteiger partial charge is 0.423 e. The van der Waals surface area contributed by atoms with Crippen LogP contribution in [0.25, 0.3) is 11.5 Å². The van der Waals surface area contributed by atoms with Gasteiger partial charge in [-0.25, -0.2) is 0 Å². The Bertz CT molecular complexity index is 562. The normalized spacial score (nSPS) is 18.7. The topological polar surface area (TPSA) is 89.3 Å². The van der Waals surface area contributed by atoms with Crippen LogP contribution in [0.3, 0.4) is 0 Å². The number of hydrogen-bond donors (Lipinski definition) is 2. The van der Waals surface area contributed by atoms with E-state index in [2.05, 4.69) is 20.8 Å². The van der Waals surface area contributed by atoms with Gasteiger partial charge in [0.05, 0.1) is 6.61 Å². The van der Waals surface area contributed by atoms with Crippen LogP contribution in [0.4, 0.5) is 5.69 Å². The molecule has 1 aromatic carbocycles. The van der Waals surface area contributed by atoms with Crippen molar-refractivity contribution in [1.82, 2.24) is 15.5 Å². The van der Waals surface area contributed by atoms with Crippen LogP contribution < -0.4 is 10.6 Å². The maximum absolute atomic E-state index is 12.0. The number of ether oxygens (including phenoxy) is 1. The Labute approximate surface area is 115 Å². The van der Waals surface area contributed by atoms with Crippen molar-refractivity contribution in [2.45, 2.75) is 6.10 Å². The van der Waals surface area contributed by atoms with Gasteiger partial charge in [0.15, 0.2) is 0 Å². The predicted molar refractivity (Wildman–Crippen MR) is 71.0 cm³/mol. The van der Waals surface area contributed by atoms with Crippen molar-refractivity contribution in [3.05, 3.63) is 30.7 Å². The molecule has 1 aromatic heterocycles. The summed E-state index contributed by atoms with van der Waals surface area (Å²) in [7, 11) is 0. The Kier molecular flexibility index (Phi) is 3.71. The van der Waals surface area contributed by atoms with Crippen LogP contribution in [0, 0.1) is 0 Å². The Morgan fingerprint density at radius 1 is 1.35 bits per heavy atom. The molecular weight excluding hydrogens is 260 g/mol. The molecule has 1 aliphatic heterocycles. The highest BCUT2D eigenvalue weighted by molar-refractivity contribution is 5.94. The van der Waals surface area contributed by atoms with Gasteiger partial charge in [-0.15, -0.1) is 10.2 Å². The zero-order chi connectivity index (χ0) is 13.8. The monoisotopic (exact) mass is 274 g/mol. The number of nitrogens with one attached hydrogen (secondary N) is 2. The minimum Gasteiger partial charge on any atom is -0.423 e. The number of rotatable bonds is 3. The first-order valence-electron chi connectivity index (χ1n) is 6.33. The maximum atomic E-state index is 12.0. The van der Waals surface area contributed by atoms with E-state index in [1.165, 1.54) is 6.39 Å². The standard InChI is InChI=1S/C13H14N4O3/c18-12(11-7-14-5-6-19-11)16-10-3-1-9(2-4-10)13-17-15-8-20-13/h1-4,8,11,14H,5-7H2,(H,16,18). The summed E-state index contributed by atoms with van der Waals surface area (Å²) in [4.78, 5) is 12.0. The molecule has 2 heterocycles. The number of nitrogens with zero attached hydrogens (tertiary/aromatic N) is 2. The van der Waals surface area contributed by atoms with Gasteiger partial charge in [-0.1, -0.05) is 0 Å². The molecule has 0 spiro atoms. The zero-order valence-electron chi connectivity index (χ0n) is 10.7. The lowest BCUT2D eigenvalue weighted by Gasteiger charge is -2.22. The lowest BCUT2D eigenvalue weighted by atomic mass is 10.2. The molecule has 1 aliphatic rings. The molecule has 1 amide bonds. The fourth-order valence-electron chi connectivity index (χ4n) is 1.95. The number of hydrogen-bond acceptors (Lipinski definition) is 6. The number of carbonyl (C=O) groups excluding carboxylic acids is 1. The number of aromatic nitrogens is 2. The van der Waals surface area contributed by atoms with E-state index in [0.717, 1.165) is 12.1 Å². The minimum absolute atomic E-state index is 0.150. The van der Waals surface area contributed by atoms with E-state index < -0.39 is 6.10 Å². The van der Waals surface area contributed by atoms with Crippen LogP contribution in [0.15, 0.2) is 35.1 Å². The number of benzene rings is 1. The number of anilines is 1. The molecule has 104 valence electrons. The molecular formula is C13H14N4O3. The molecule has 1 saturated heterocycles. The van der Waals surface area contributed by atoms with E-state index >= 15 is 0 Å². The van der Waals surface area contributed by atoms with Crippen LogP contribution >= 0.6 is 0 Å². The van der Waals surface area contributed by atoms with Gasteiger partial charge in [-0.2, -0.15) is 0 Å². The second-order valence-electron chi connectivity index (χ2n) is 4.37. The van der Waals surface area contributed by atoms with Gasteiger partial charge in [0.1, 0.15) is 6.10 Å². The van der Waals surface area contributed by atoms with Crippen LogP contribution in [-0.2, 0) is 9.53 Å². The van der Waals surface area contributed by atoms with Gasteiger partial charge >= 0.3 is 0 Å². The Morgan fingerprint density at radius 3 is 2.85 bits per heavy atom. The molecule has 3 rings (SSSR count). The van der Waals surface area contributed by atoms with Gasteiger partial charge in [-0.05, 0) is 24.3 Å². The van der Waals surface area contributed by atoms with Gasteiger partial charge in [0.2, 0.25) is 12.3 Å². The first-order valence-corrected chi connectivity index (χ1v) is 6.33. The molecule has 7 nitrogen and oxygen atoms in total. The quantitative estimate of drug-likeness (QED) is 0.854. The lowest BCUT2D eigenvalue weighted by molar-refractivity contribution is -0.128. The summed E-state index contributed by atoms with van der Waals surface area (Å²) in [5, 5.41) is 13.4. The molecule has 0 bridgehead atoms. The molecule has 0 radical (unpaired) electrons. The van der Waals surface area contributed by atoms with Crippen molar-refractivity contribution >= 4 is 11.6 Å². The molecule has 2 aromatic rings. The summed E-state index contributed by atoms with van der Waals surface area (Å²) in [5.41, 5.74) is 1.50. The SMILES string of the molecule is O=C(Nc1ccc(-c2nnco2)cc1)C1CNCCO1. The van der Waals surface area contributed by atoms with Gasteiger partial charge in [0.25, 0.3) is 5.91 Å². The van der Waals surface area contributed by atoms with Crippen molar-refractivity contribution in [3.8, 4) is 11.5 Å². The van der Waals surface area contributed by atoms with Crippen molar-refractivity contribution in [2.24, 2.45) is 0 Å². The van der Waals surface area contributed by atoms with Crippen LogP contribution in [-0.4, -0.2) is 41.9 Å². The average Bonchev–Trinajstić information content (AvgIpc) is 3.03. The Balaban J connectivity index is 1.64. The van der Waals surface area contributed by atoms with E-state index in [0.29, 0.717) is 24.7 Å². The summed E-state index contributed by atoms with van der Waals surface area (Å²) >= 11 is 0. The first kappa shape index (κ1) is 12.8. The summed E-state index contributed by atoms with van der Waals surface area (Å²) in [6.45, 7) is 1.86. The second-order valence-corrected chi connectivity index (χ2v) is 4.37. The van der Waals surface area contributed by atoms with Gasteiger partial charge < -0.3 is 19.8 Å². The fourth-order valence-corrected chi connectivity index (χ4v) is 1.95. The molecule has 20 heavy (non-hydrogen) atoms. The molecule has 2 N–H and O–H groups in total. The lowest BCUT2D eigenvalue weighted by Crippen LogP contribution is -2.45. The van der Waals surface area contributed by atoms with Crippen LogP contribution in [0.2, 0.25) is 0 Å². The average molecular weight is 274 g/mol. The number of carbonyl (C=O) groups is 1. The molecule has 7 heteroatoms. The van der Waals surface area contributed by atoms with E-state index in [1.54, 1.807) is 12.1 Å². The fraction of sp³-hybridized carbons (Fsp3) is 0.308. The van der Waals surface area contributed by atoms with Crippen LogP contribution in [0.1, 0.15) is 0 Å². The molecule has 0 saturated carbocycles. The van der Waals surface area contributed by atoms with Crippen molar-refractivity contribution in [2.75, 3.05) is 25.0 Å². The predicted octanol–water partition coefficient (Wildman–Crippen LogP) is 0.663. The van der Waals surface area contributed by atoms with Gasteiger partial charge in [0, 0.05) is 24.3 Å². The molecule has 1 atom stereocenters. The van der Waals surface area contributed by atoms with E-state index in [1.807, 2.05) is 12.1 Å². The first-order chi connectivity index (χ1) is 9.83. The van der Waals surface area contributed by atoms with E-state index in [4.69, 9.17) is 9.15 Å². The number of morpholine rings is 1. The Hall–Kier alpha value is -2.25.